The Kier molecular flexibility index (Phi) is 3.08. The fourth-order valence-electron chi connectivity index (χ4n) is 2.12. The van der Waals surface area contributed by atoms with Crippen molar-refractivity contribution in [2.24, 2.45) is 0 Å². The van der Waals surface area contributed by atoms with E-state index in [1.807, 2.05) is 24.3 Å². The molecule has 3 rings (SSSR count). The number of fused-ring (bicyclic) bond motifs is 1. The van der Waals surface area contributed by atoms with Crippen LogP contribution in [0.25, 0.3) is 0 Å². The van der Waals surface area contributed by atoms with Crippen LogP contribution in [-0.4, -0.2) is 28.6 Å². The van der Waals surface area contributed by atoms with Crippen molar-refractivity contribution in [1.82, 2.24) is 4.37 Å². The van der Waals surface area contributed by atoms with E-state index in [1.165, 1.54) is 17.7 Å². The van der Waals surface area contributed by atoms with E-state index >= 15 is 0 Å². The van der Waals surface area contributed by atoms with E-state index in [0.717, 1.165) is 22.9 Å². The van der Waals surface area contributed by atoms with Gasteiger partial charge in [-0.2, -0.15) is 4.37 Å². The topological polar surface area (TPSA) is 62.7 Å². The van der Waals surface area contributed by atoms with Crippen molar-refractivity contribution in [3.63, 3.8) is 0 Å². The standard InChI is InChI=1S/C13H12N2O3S/c16-13(17)9-7-14-19-12(9)8-15-5-6-18-11-4-2-1-3-10(11)15/h1-4,7H,5-6,8H2,(H,16,17). The average molecular weight is 276 g/mol. The van der Waals surface area contributed by atoms with Crippen molar-refractivity contribution in [1.29, 1.82) is 0 Å². The van der Waals surface area contributed by atoms with Gasteiger partial charge < -0.3 is 14.7 Å². The minimum absolute atomic E-state index is 0.286. The Morgan fingerprint density at radius 1 is 1.47 bits per heavy atom. The largest absolute Gasteiger partial charge is 0.490 e. The first-order chi connectivity index (χ1) is 9.25. The first-order valence-corrected chi connectivity index (χ1v) is 6.66. The Morgan fingerprint density at radius 2 is 2.32 bits per heavy atom. The zero-order valence-corrected chi connectivity index (χ0v) is 10.9. The lowest BCUT2D eigenvalue weighted by atomic mass is 10.2. The maximum atomic E-state index is 11.1. The molecule has 0 unspecified atom stereocenters. The number of benzene rings is 1. The summed E-state index contributed by atoms with van der Waals surface area (Å²) < 4.78 is 9.55. The monoisotopic (exact) mass is 276 g/mol. The van der Waals surface area contributed by atoms with E-state index in [9.17, 15) is 4.79 Å². The molecule has 0 radical (unpaired) electrons. The number of ether oxygens (including phenoxy) is 1. The third kappa shape index (κ3) is 2.26. The van der Waals surface area contributed by atoms with Crippen molar-refractivity contribution in [3.05, 3.63) is 40.9 Å². The molecule has 0 aliphatic carbocycles. The number of aromatic carboxylic acids is 1. The summed E-state index contributed by atoms with van der Waals surface area (Å²) in [6.07, 6.45) is 1.41. The van der Waals surface area contributed by atoms with Crippen molar-refractivity contribution in [2.75, 3.05) is 18.1 Å². The molecule has 0 saturated heterocycles. The molecule has 2 heterocycles. The number of para-hydroxylation sites is 2. The summed E-state index contributed by atoms with van der Waals surface area (Å²) in [7, 11) is 0. The molecular formula is C13H12N2O3S. The summed E-state index contributed by atoms with van der Waals surface area (Å²) in [6, 6.07) is 7.78. The van der Waals surface area contributed by atoms with Gasteiger partial charge in [-0.25, -0.2) is 4.79 Å². The Balaban J connectivity index is 1.89. The molecule has 1 aliphatic heterocycles. The van der Waals surface area contributed by atoms with E-state index in [-0.39, 0.29) is 5.56 Å². The number of carboxylic acids is 1. The van der Waals surface area contributed by atoms with Gasteiger partial charge in [-0.3, -0.25) is 0 Å². The molecule has 0 amide bonds. The van der Waals surface area contributed by atoms with E-state index in [2.05, 4.69) is 9.27 Å². The third-order valence-corrected chi connectivity index (χ3v) is 3.81. The minimum Gasteiger partial charge on any atom is -0.490 e. The van der Waals surface area contributed by atoms with Gasteiger partial charge in [0.25, 0.3) is 0 Å². The van der Waals surface area contributed by atoms with Gasteiger partial charge in [0.1, 0.15) is 12.4 Å². The van der Waals surface area contributed by atoms with E-state index in [1.54, 1.807) is 0 Å². The lowest BCUT2D eigenvalue weighted by Crippen LogP contribution is -2.32. The van der Waals surface area contributed by atoms with Crippen LogP contribution in [-0.2, 0) is 6.54 Å². The van der Waals surface area contributed by atoms with Gasteiger partial charge in [0.05, 0.1) is 35.4 Å². The molecule has 0 spiro atoms. The van der Waals surface area contributed by atoms with Crippen molar-refractivity contribution >= 4 is 23.2 Å². The van der Waals surface area contributed by atoms with Gasteiger partial charge in [0, 0.05) is 0 Å². The number of aromatic nitrogens is 1. The number of anilines is 1. The molecule has 1 aromatic heterocycles. The molecule has 0 bridgehead atoms. The molecule has 1 aromatic carbocycles. The zero-order chi connectivity index (χ0) is 13.2. The first-order valence-electron chi connectivity index (χ1n) is 5.89. The molecule has 0 saturated carbocycles. The molecular weight excluding hydrogens is 264 g/mol. The number of hydrogen-bond donors (Lipinski definition) is 1. The Morgan fingerprint density at radius 3 is 3.16 bits per heavy atom. The SMILES string of the molecule is O=C(O)c1cnsc1CN1CCOc2ccccc21. The second-order valence-corrected chi connectivity index (χ2v) is 5.09. The molecule has 6 heteroatoms. The predicted molar refractivity (Wildman–Crippen MR) is 72.1 cm³/mol. The molecule has 2 aromatic rings. The molecule has 98 valence electrons. The van der Waals surface area contributed by atoms with Crippen LogP contribution in [0.4, 0.5) is 5.69 Å². The molecule has 0 atom stereocenters. The van der Waals surface area contributed by atoms with E-state index in [0.29, 0.717) is 13.2 Å². The van der Waals surface area contributed by atoms with Crippen molar-refractivity contribution < 1.29 is 14.6 Å². The van der Waals surface area contributed by atoms with Crippen molar-refractivity contribution in [3.8, 4) is 5.75 Å². The predicted octanol–water partition coefficient (Wildman–Crippen LogP) is 2.24. The van der Waals surface area contributed by atoms with Gasteiger partial charge in [-0.05, 0) is 23.7 Å². The second-order valence-electron chi connectivity index (χ2n) is 4.21. The van der Waals surface area contributed by atoms with Gasteiger partial charge in [-0.1, -0.05) is 12.1 Å². The van der Waals surface area contributed by atoms with E-state index in [4.69, 9.17) is 9.84 Å². The highest BCUT2D eigenvalue weighted by Crippen LogP contribution is 2.32. The number of carbonyl (C=O) groups is 1. The van der Waals surface area contributed by atoms with Gasteiger partial charge in [0.2, 0.25) is 0 Å². The maximum absolute atomic E-state index is 11.1. The fourth-order valence-corrected chi connectivity index (χ4v) is 2.85. The van der Waals surface area contributed by atoms with Crippen LogP contribution >= 0.6 is 11.5 Å². The smallest absolute Gasteiger partial charge is 0.338 e. The summed E-state index contributed by atoms with van der Waals surface area (Å²) in [6.45, 7) is 1.90. The Bertz CT molecular complexity index is 611. The zero-order valence-electron chi connectivity index (χ0n) is 10.1. The van der Waals surface area contributed by atoms with E-state index < -0.39 is 5.97 Å². The second kappa shape index (κ2) is 4.89. The molecule has 0 fully saturated rings. The maximum Gasteiger partial charge on any atom is 0.338 e. The van der Waals surface area contributed by atoms with Crippen LogP contribution < -0.4 is 9.64 Å². The Hall–Kier alpha value is -2.08. The Labute approximate surface area is 114 Å². The quantitative estimate of drug-likeness (QED) is 0.931. The van der Waals surface area contributed by atoms with Crippen LogP contribution in [0.2, 0.25) is 0 Å². The van der Waals surface area contributed by atoms with Gasteiger partial charge in [0.15, 0.2) is 0 Å². The van der Waals surface area contributed by atoms with Gasteiger partial charge >= 0.3 is 5.97 Å². The first kappa shape index (κ1) is 12.0. The minimum atomic E-state index is -0.926. The number of nitrogens with zero attached hydrogens (tertiary/aromatic N) is 2. The number of carboxylic acid groups (broad SMARTS) is 1. The fraction of sp³-hybridized carbons (Fsp3) is 0.231. The summed E-state index contributed by atoms with van der Waals surface area (Å²) >= 11 is 1.23. The highest BCUT2D eigenvalue weighted by atomic mass is 32.1. The number of rotatable bonds is 3. The molecule has 1 aliphatic rings. The molecule has 1 N–H and O–H groups in total. The van der Waals surface area contributed by atoms with Gasteiger partial charge in [-0.15, -0.1) is 0 Å². The third-order valence-electron chi connectivity index (χ3n) is 3.03. The normalized spacial score (nSPS) is 13.8. The van der Waals surface area contributed by atoms with Crippen LogP contribution in [0, 0.1) is 0 Å². The summed E-state index contributed by atoms with van der Waals surface area (Å²) in [5, 5.41) is 9.10. The molecule has 19 heavy (non-hydrogen) atoms. The van der Waals surface area contributed by atoms with Crippen LogP contribution in [0.3, 0.4) is 0 Å². The summed E-state index contributed by atoms with van der Waals surface area (Å²) in [5.74, 6) is -0.0829. The van der Waals surface area contributed by atoms with Crippen LogP contribution in [0.1, 0.15) is 15.2 Å². The summed E-state index contributed by atoms with van der Waals surface area (Å²) in [5.41, 5.74) is 1.28. The average Bonchev–Trinajstić information content (AvgIpc) is 2.87. The number of hydrogen-bond acceptors (Lipinski definition) is 5. The highest BCUT2D eigenvalue weighted by Gasteiger charge is 2.21. The highest BCUT2D eigenvalue weighted by molar-refractivity contribution is 7.06. The summed E-state index contributed by atoms with van der Waals surface area (Å²) in [4.78, 5) is 14.0. The lowest BCUT2D eigenvalue weighted by molar-refractivity contribution is 0.0696. The lowest BCUT2D eigenvalue weighted by Gasteiger charge is -2.30. The van der Waals surface area contributed by atoms with Crippen molar-refractivity contribution in [2.45, 2.75) is 6.54 Å². The molecule has 5 nitrogen and oxygen atoms in total. The van der Waals surface area contributed by atoms with Crippen LogP contribution in [0.5, 0.6) is 5.75 Å². The van der Waals surface area contributed by atoms with Crippen LogP contribution in [0.15, 0.2) is 30.5 Å².